The van der Waals surface area contributed by atoms with Crippen LogP contribution >= 0.6 is 11.3 Å². The van der Waals surface area contributed by atoms with Crippen molar-refractivity contribution in [2.24, 2.45) is 16.0 Å². The first-order valence-electron chi connectivity index (χ1n) is 6.07. The fraction of sp³-hybridized carbons (Fsp3) is 0.0769. The van der Waals surface area contributed by atoms with Gasteiger partial charge in [-0.3, -0.25) is 4.79 Å². The molecule has 4 N–H and O–H groups in total. The van der Waals surface area contributed by atoms with Crippen LogP contribution in [0.2, 0.25) is 0 Å². The lowest BCUT2D eigenvalue weighted by Gasteiger charge is -1.90. The maximum absolute atomic E-state index is 10.8. The number of aromatic hydroxyl groups is 1. The van der Waals surface area contributed by atoms with Gasteiger partial charge in [0.2, 0.25) is 16.9 Å². The second-order valence-corrected chi connectivity index (χ2v) is 5.17. The van der Waals surface area contributed by atoms with Gasteiger partial charge in [0, 0.05) is 10.8 Å². The highest BCUT2D eigenvalue weighted by Gasteiger charge is 2.10. The number of aromatic amines is 1. The zero-order chi connectivity index (χ0) is 14.8. The number of primary amides is 1. The molecule has 3 rings (SSSR count). The Bertz CT molecular complexity index is 836. The topological polar surface area (TPSA) is 117 Å². The van der Waals surface area contributed by atoms with E-state index in [0.29, 0.717) is 16.5 Å². The fourth-order valence-corrected chi connectivity index (χ4v) is 2.54. The first kappa shape index (κ1) is 13.3. The summed E-state index contributed by atoms with van der Waals surface area (Å²) in [4.78, 5) is 17.8. The number of nitrogens with two attached hydrogens (primary N) is 1. The summed E-state index contributed by atoms with van der Waals surface area (Å²) in [5.41, 5.74) is 6.80. The number of benzene rings is 1. The standard InChI is InChI=1S/C13H11N5O2S/c14-10(19)5-7-6-21-13(15-7)18-17-11-8-3-1-2-4-9(8)16-12(11)20/h1-4,6,16,20H,5H2,(H2,14,19)/b18-17+. The highest BCUT2D eigenvalue weighted by atomic mass is 32.1. The van der Waals surface area contributed by atoms with Crippen LogP contribution in [0.1, 0.15) is 5.69 Å². The van der Waals surface area contributed by atoms with Crippen molar-refractivity contribution in [3.8, 4) is 5.88 Å². The summed E-state index contributed by atoms with van der Waals surface area (Å²) in [6.45, 7) is 0. The lowest BCUT2D eigenvalue weighted by atomic mass is 10.2. The number of azo groups is 1. The minimum Gasteiger partial charge on any atom is -0.493 e. The number of nitrogens with one attached hydrogen (secondary N) is 1. The second-order valence-electron chi connectivity index (χ2n) is 4.33. The van der Waals surface area contributed by atoms with Crippen LogP contribution in [0.3, 0.4) is 0 Å². The zero-order valence-corrected chi connectivity index (χ0v) is 11.6. The van der Waals surface area contributed by atoms with E-state index in [1.54, 1.807) is 5.38 Å². The molecule has 1 aromatic carbocycles. The van der Waals surface area contributed by atoms with Crippen molar-refractivity contribution in [2.45, 2.75) is 6.42 Å². The summed E-state index contributed by atoms with van der Waals surface area (Å²) in [7, 11) is 0. The van der Waals surface area contributed by atoms with Crippen LogP contribution in [0.4, 0.5) is 10.8 Å². The molecule has 0 fully saturated rings. The van der Waals surface area contributed by atoms with Crippen LogP contribution in [-0.2, 0) is 11.2 Å². The van der Waals surface area contributed by atoms with Crippen molar-refractivity contribution in [1.29, 1.82) is 0 Å². The summed E-state index contributed by atoms with van der Waals surface area (Å²) in [5, 5.41) is 20.7. The Labute approximate surface area is 123 Å². The van der Waals surface area contributed by atoms with Crippen molar-refractivity contribution in [2.75, 3.05) is 0 Å². The molecule has 0 unspecified atom stereocenters. The molecule has 0 radical (unpaired) electrons. The quantitative estimate of drug-likeness (QED) is 0.643. The first-order valence-corrected chi connectivity index (χ1v) is 6.95. The second kappa shape index (κ2) is 5.33. The van der Waals surface area contributed by atoms with E-state index in [4.69, 9.17) is 5.73 Å². The molecule has 3 aromatic rings. The SMILES string of the molecule is NC(=O)Cc1csc(/N=N/c2c(O)[nH]c3ccccc23)n1. The number of hydrogen-bond acceptors (Lipinski definition) is 6. The molecular formula is C13H11N5O2S. The van der Waals surface area contributed by atoms with E-state index in [1.807, 2.05) is 24.3 Å². The lowest BCUT2D eigenvalue weighted by molar-refractivity contribution is -0.117. The van der Waals surface area contributed by atoms with E-state index in [9.17, 15) is 9.90 Å². The average molecular weight is 301 g/mol. The highest BCUT2D eigenvalue weighted by Crippen LogP contribution is 2.36. The van der Waals surface area contributed by atoms with E-state index in [2.05, 4.69) is 20.2 Å². The van der Waals surface area contributed by atoms with Crippen LogP contribution in [-0.4, -0.2) is 21.0 Å². The zero-order valence-electron chi connectivity index (χ0n) is 10.8. The number of nitrogens with zero attached hydrogens (tertiary/aromatic N) is 3. The van der Waals surface area contributed by atoms with Gasteiger partial charge in [-0.1, -0.05) is 18.2 Å². The summed E-state index contributed by atoms with van der Waals surface area (Å²) in [5.74, 6) is -0.494. The number of para-hydroxylation sites is 1. The van der Waals surface area contributed by atoms with Gasteiger partial charge in [0.05, 0.1) is 17.6 Å². The van der Waals surface area contributed by atoms with Crippen LogP contribution in [0, 0.1) is 0 Å². The molecule has 2 aromatic heterocycles. The minimum absolute atomic E-state index is 0.0473. The van der Waals surface area contributed by atoms with Crippen molar-refractivity contribution in [3.05, 3.63) is 35.3 Å². The molecule has 0 aliphatic rings. The Kier molecular flexibility index (Phi) is 3.36. The summed E-state index contributed by atoms with van der Waals surface area (Å²) < 4.78 is 0. The third kappa shape index (κ3) is 2.75. The van der Waals surface area contributed by atoms with Crippen molar-refractivity contribution in [3.63, 3.8) is 0 Å². The molecule has 0 atom stereocenters. The molecule has 2 heterocycles. The predicted molar refractivity (Wildman–Crippen MR) is 79.2 cm³/mol. The monoisotopic (exact) mass is 301 g/mol. The van der Waals surface area contributed by atoms with Crippen molar-refractivity contribution < 1.29 is 9.90 Å². The maximum Gasteiger partial charge on any atom is 0.230 e. The fourth-order valence-electron chi connectivity index (χ4n) is 1.91. The number of hydrogen-bond donors (Lipinski definition) is 3. The molecule has 21 heavy (non-hydrogen) atoms. The van der Waals surface area contributed by atoms with Gasteiger partial charge in [-0.2, -0.15) is 0 Å². The van der Waals surface area contributed by atoms with Gasteiger partial charge < -0.3 is 15.8 Å². The van der Waals surface area contributed by atoms with Gasteiger partial charge in [-0.05, 0) is 6.07 Å². The number of amides is 1. The third-order valence-corrected chi connectivity index (χ3v) is 3.56. The van der Waals surface area contributed by atoms with Crippen LogP contribution in [0.5, 0.6) is 5.88 Å². The molecular weight excluding hydrogens is 290 g/mol. The molecule has 0 spiro atoms. The van der Waals surface area contributed by atoms with E-state index in [0.717, 1.165) is 10.9 Å². The van der Waals surface area contributed by atoms with Crippen molar-refractivity contribution in [1.82, 2.24) is 9.97 Å². The van der Waals surface area contributed by atoms with Gasteiger partial charge in [0.25, 0.3) is 0 Å². The number of rotatable bonds is 4. The number of carbonyl (C=O) groups is 1. The highest BCUT2D eigenvalue weighted by molar-refractivity contribution is 7.13. The van der Waals surface area contributed by atoms with Crippen LogP contribution in [0.25, 0.3) is 10.9 Å². The van der Waals surface area contributed by atoms with E-state index in [1.165, 1.54) is 11.3 Å². The van der Waals surface area contributed by atoms with Crippen molar-refractivity contribution >= 4 is 39.0 Å². The molecule has 0 aliphatic heterocycles. The smallest absolute Gasteiger partial charge is 0.230 e. The number of carbonyl (C=O) groups excluding carboxylic acids is 1. The lowest BCUT2D eigenvalue weighted by Crippen LogP contribution is -2.13. The Balaban J connectivity index is 1.89. The van der Waals surface area contributed by atoms with Gasteiger partial charge in [0.1, 0.15) is 0 Å². The van der Waals surface area contributed by atoms with Gasteiger partial charge in [-0.25, -0.2) is 4.98 Å². The molecule has 7 nitrogen and oxygen atoms in total. The molecule has 106 valence electrons. The van der Waals surface area contributed by atoms with Gasteiger partial charge in [0.15, 0.2) is 5.69 Å². The van der Waals surface area contributed by atoms with E-state index in [-0.39, 0.29) is 12.3 Å². The molecule has 0 aliphatic carbocycles. The normalized spacial score (nSPS) is 11.4. The van der Waals surface area contributed by atoms with Crippen LogP contribution in [0.15, 0.2) is 39.9 Å². The third-order valence-electron chi connectivity index (χ3n) is 2.79. The Morgan fingerprint density at radius 2 is 2.19 bits per heavy atom. The largest absolute Gasteiger partial charge is 0.493 e. The number of aromatic nitrogens is 2. The maximum atomic E-state index is 10.8. The van der Waals surface area contributed by atoms with E-state index < -0.39 is 5.91 Å². The Morgan fingerprint density at radius 3 is 3.00 bits per heavy atom. The van der Waals surface area contributed by atoms with Crippen LogP contribution < -0.4 is 5.73 Å². The molecule has 8 heteroatoms. The Morgan fingerprint density at radius 1 is 1.38 bits per heavy atom. The molecule has 0 saturated heterocycles. The molecule has 0 bridgehead atoms. The van der Waals surface area contributed by atoms with Gasteiger partial charge >= 0.3 is 0 Å². The number of fused-ring (bicyclic) bond motifs is 1. The predicted octanol–water partition coefficient (Wildman–Crippen LogP) is 2.77. The number of thiazole rings is 1. The van der Waals surface area contributed by atoms with E-state index >= 15 is 0 Å². The van der Waals surface area contributed by atoms with Gasteiger partial charge in [-0.15, -0.1) is 21.6 Å². The average Bonchev–Trinajstić information content (AvgIpc) is 2.99. The summed E-state index contributed by atoms with van der Waals surface area (Å²) >= 11 is 1.25. The first-order chi connectivity index (χ1) is 10.1. The number of H-pyrrole nitrogens is 1. The molecule has 1 amide bonds. The Hall–Kier alpha value is -2.74. The summed E-state index contributed by atoms with van der Waals surface area (Å²) in [6, 6.07) is 7.38. The molecule has 0 saturated carbocycles. The summed E-state index contributed by atoms with van der Waals surface area (Å²) in [6.07, 6.45) is 0.0738. The minimum atomic E-state index is -0.446.